The number of nitrogens with two attached hydrogens (primary N) is 1. The third kappa shape index (κ3) is 4.98. The Hall–Kier alpha value is -3.10. The number of allylic oxidation sites excluding steroid dienone is 4. The monoisotopic (exact) mass is 424 g/mol. The fourth-order valence-electron chi connectivity index (χ4n) is 3.67. The molecule has 1 unspecified atom stereocenters. The second-order valence-electron chi connectivity index (χ2n) is 7.78. The molecule has 2 aliphatic rings. The lowest BCUT2D eigenvalue weighted by Crippen LogP contribution is -2.38. The predicted octanol–water partition coefficient (Wildman–Crippen LogP) is 3.35. The van der Waals surface area contributed by atoms with Crippen molar-refractivity contribution in [3.63, 3.8) is 0 Å². The summed E-state index contributed by atoms with van der Waals surface area (Å²) in [5.41, 5.74) is 17.7. The van der Waals surface area contributed by atoms with E-state index in [0.717, 1.165) is 52.4 Å². The van der Waals surface area contributed by atoms with Gasteiger partial charge in [-0.3, -0.25) is 4.99 Å². The highest BCUT2D eigenvalue weighted by molar-refractivity contribution is 5.93. The number of amides is 2. The van der Waals surface area contributed by atoms with Gasteiger partial charge in [0.15, 0.2) is 0 Å². The molecule has 8 nitrogen and oxygen atoms in total. The first-order chi connectivity index (χ1) is 14.8. The first-order valence-electron chi connectivity index (χ1n) is 10.5. The molecule has 0 bridgehead atoms. The molecule has 2 amide bonds. The Morgan fingerprint density at radius 3 is 2.77 bits per heavy atom. The molecule has 1 heterocycles. The molecule has 31 heavy (non-hydrogen) atoms. The Balaban J connectivity index is 1.77. The fourth-order valence-corrected chi connectivity index (χ4v) is 3.67. The topological polar surface area (TPSA) is 95.2 Å². The lowest BCUT2D eigenvalue weighted by Gasteiger charge is -2.24. The zero-order valence-corrected chi connectivity index (χ0v) is 18.9. The van der Waals surface area contributed by atoms with E-state index in [0.29, 0.717) is 6.61 Å². The number of benzene rings is 1. The maximum Gasteiger partial charge on any atom is 0.355 e. The average Bonchev–Trinajstić information content (AvgIpc) is 3.10. The number of nitrogens with one attached hydrogen (secondary N) is 2. The van der Waals surface area contributed by atoms with Crippen LogP contribution in [0, 0.1) is 5.92 Å². The number of urea groups is 1. The van der Waals surface area contributed by atoms with Crippen LogP contribution in [0.3, 0.4) is 0 Å². The minimum absolute atomic E-state index is 0.135. The van der Waals surface area contributed by atoms with Gasteiger partial charge in [-0.25, -0.2) is 14.8 Å². The van der Waals surface area contributed by atoms with Gasteiger partial charge in [-0.15, -0.1) is 11.1 Å². The molecular weight excluding hydrogens is 392 g/mol. The molecule has 0 spiro atoms. The van der Waals surface area contributed by atoms with E-state index in [4.69, 9.17) is 10.5 Å². The van der Waals surface area contributed by atoms with Gasteiger partial charge in [0.2, 0.25) is 0 Å². The standard InChI is InChI=1S/C23H32N6O2/c1-6-17-8-7-9-21(29-23(30)28(5)26-27-29)19(17)14-31-22-11-10-18(12-15(22)2)20(24)13-16(3)25-4/h7-11,13,18,26-27H,6,12,14,24H2,1-5H3. The highest BCUT2D eigenvalue weighted by atomic mass is 16.5. The number of rotatable bonds is 7. The van der Waals surface area contributed by atoms with E-state index < -0.39 is 0 Å². The number of aryl methyl sites for hydroxylation is 1. The van der Waals surface area contributed by atoms with Crippen molar-refractivity contribution in [3.8, 4) is 0 Å². The lowest BCUT2D eigenvalue weighted by molar-refractivity contribution is 0.204. The zero-order valence-electron chi connectivity index (χ0n) is 18.9. The van der Waals surface area contributed by atoms with E-state index >= 15 is 0 Å². The molecule has 1 aliphatic carbocycles. The van der Waals surface area contributed by atoms with E-state index in [1.165, 1.54) is 10.0 Å². The van der Waals surface area contributed by atoms with Crippen LogP contribution in [0.25, 0.3) is 0 Å². The Kier molecular flexibility index (Phi) is 7.14. The van der Waals surface area contributed by atoms with Crippen molar-refractivity contribution in [2.75, 3.05) is 19.1 Å². The first kappa shape index (κ1) is 22.6. The fraction of sp³-hybridized carbons (Fsp3) is 0.391. The number of hydrogen-bond acceptors (Lipinski definition) is 6. The SMILES string of the molecule is CCc1cccc(N2NNN(C)C2=O)c1COC1=C(C)CC(C(N)=CC(C)=NC)C=C1. The van der Waals surface area contributed by atoms with Crippen molar-refractivity contribution < 1.29 is 9.53 Å². The molecular formula is C23H32N6O2. The molecule has 8 heteroatoms. The molecule has 0 aromatic heterocycles. The summed E-state index contributed by atoms with van der Waals surface area (Å²) in [7, 11) is 3.43. The van der Waals surface area contributed by atoms with E-state index in [-0.39, 0.29) is 11.9 Å². The maximum absolute atomic E-state index is 12.5. The van der Waals surface area contributed by atoms with Crippen LogP contribution in [0.4, 0.5) is 10.5 Å². The third-order valence-corrected chi connectivity index (χ3v) is 5.63. The lowest BCUT2D eigenvalue weighted by atomic mass is 9.91. The Bertz CT molecular complexity index is 963. The molecule has 1 aromatic carbocycles. The van der Waals surface area contributed by atoms with Crippen LogP contribution < -0.4 is 21.8 Å². The van der Waals surface area contributed by atoms with Crippen molar-refractivity contribution in [1.82, 2.24) is 16.1 Å². The summed E-state index contributed by atoms with van der Waals surface area (Å²) in [6, 6.07) is 5.76. The molecule has 166 valence electrons. The number of nitrogens with zero attached hydrogens (tertiary/aromatic N) is 3. The van der Waals surface area contributed by atoms with Gasteiger partial charge in [0.05, 0.1) is 5.69 Å². The summed E-state index contributed by atoms with van der Waals surface area (Å²) < 4.78 is 6.23. The molecule has 1 fully saturated rings. The van der Waals surface area contributed by atoms with E-state index in [1.54, 1.807) is 14.1 Å². The number of anilines is 1. The second kappa shape index (κ2) is 9.80. The minimum atomic E-state index is -0.182. The summed E-state index contributed by atoms with van der Waals surface area (Å²) in [6.45, 7) is 6.46. The highest BCUT2D eigenvalue weighted by Crippen LogP contribution is 2.31. The van der Waals surface area contributed by atoms with Gasteiger partial charge in [0.1, 0.15) is 12.4 Å². The van der Waals surface area contributed by atoms with Crippen molar-refractivity contribution in [2.24, 2.45) is 16.6 Å². The van der Waals surface area contributed by atoms with Crippen molar-refractivity contribution in [2.45, 2.75) is 40.2 Å². The van der Waals surface area contributed by atoms with Crippen LogP contribution in [0.2, 0.25) is 0 Å². The van der Waals surface area contributed by atoms with Crippen LogP contribution >= 0.6 is 0 Å². The second-order valence-corrected chi connectivity index (χ2v) is 7.78. The summed E-state index contributed by atoms with van der Waals surface area (Å²) in [4.78, 5) is 16.6. The summed E-state index contributed by atoms with van der Waals surface area (Å²) in [5.74, 6) is 0.980. The number of carbonyl (C=O) groups is 1. The van der Waals surface area contributed by atoms with Crippen LogP contribution in [-0.4, -0.2) is 30.8 Å². The van der Waals surface area contributed by atoms with Gasteiger partial charge in [-0.1, -0.05) is 25.1 Å². The number of ether oxygens (including phenoxy) is 1. The van der Waals surface area contributed by atoms with Crippen molar-refractivity contribution in [3.05, 3.63) is 64.6 Å². The van der Waals surface area contributed by atoms with Crippen molar-refractivity contribution in [1.29, 1.82) is 0 Å². The smallest absolute Gasteiger partial charge is 0.355 e. The maximum atomic E-state index is 12.5. The molecule has 0 radical (unpaired) electrons. The quantitative estimate of drug-likeness (QED) is 0.584. The summed E-state index contributed by atoms with van der Waals surface area (Å²) >= 11 is 0. The first-order valence-corrected chi connectivity index (χ1v) is 10.5. The van der Waals surface area contributed by atoms with Gasteiger partial charge in [-0.05, 0) is 56.0 Å². The zero-order chi connectivity index (χ0) is 22.5. The van der Waals surface area contributed by atoms with E-state index in [9.17, 15) is 4.79 Å². The van der Waals surface area contributed by atoms with Crippen LogP contribution in [0.15, 0.2) is 58.4 Å². The van der Waals surface area contributed by atoms with E-state index in [2.05, 4.69) is 42.1 Å². The van der Waals surface area contributed by atoms with Crippen LogP contribution in [0.1, 0.15) is 38.3 Å². The molecule has 3 rings (SSSR count). The Labute approximate surface area is 184 Å². The Morgan fingerprint density at radius 2 is 2.16 bits per heavy atom. The molecule has 1 aromatic rings. The van der Waals surface area contributed by atoms with Gasteiger partial charge in [0, 0.05) is 37.0 Å². The van der Waals surface area contributed by atoms with Gasteiger partial charge in [-0.2, -0.15) is 0 Å². The number of hydrazine groups is 3. The van der Waals surface area contributed by atoms with Crippen molar-refractivity contribution >= 4 is 17.4 Å². The number of hydrogen-bond donors (Lipinski definition) is 3. The summed E-state index contributed by atoms with van der Waals surface area (Å²) in [6.07, 6.45) is 7.63. The van der Waals surface area contributed by atoms with Crippen LogP contribution in [-0.2, 0) is 17.8 Å². The van der Waals surface area contributed by atoms with E-state index in [1.807, 2.05) is 31.2 Å². The molecule has 1 atom stereocenters. The molecule has 1 saturated heterocycles. The largest absolute Gasteiger partial charge is 0.489 e. The number of carbonyl (C=O) groups excluding carboxylic acids is 1. The normalized spacial score (nSPS) is 20.2. The van der Waals surface area contributed by atoms with Gasteiger partial charge >= 0.3 is 6.03 Å². The molecule has 4 N–H and O–H groups in total. The predicted molar refractivity (Wildman–Crippen MR) is 124 cm³/mol. The third-order valence-electron chi connectivity index (χ3n) is 5.63. The van der Waals surface area contributed by atoms with Crippen LogP contribution in [0.5, 0.6) is 0 Å². The minimum Gasteiger partial charge on any atom is -0.489 e. The molecule has 1 aliphatic heterocycles. The highest BCUT2D eigenvalue weighted by Gasteiger charge is 2.29. The van der Waals surface area contributed by atoms with Gasteiger partial charge in [0.25, 0.3) is 0 Å². The summed E-state index contributed by atoms with van der Waals surface area (Å²) in [5, 5.41) is 2.89. The van der Waals surface area contributed by atoms with Gasteiger partial charge < -0.3 is 10.5 Å². The number of aliphatic imine (C=N–C) groups is 1. The average molecular weight is 425 g/mol. The Morgan fingerprint density at radius 1 is 1.39 bits per heavy atom. The molecule has 0 saturated carbocycles.